The molecule has 182 valence electrons. The number of ether oxygens (including phenoxy) is 1. The van der Waals surface area contributed by atoms with Crippen molar-refractivity contribution < 1.29 is 28.6 Å². The van der Waals surface area contributed by atoms with E-state index < -0.39 is 12.0 Å². The van der Waals surface area contributed by atoms with E-state index in [0.29, 0.717) is 32.7 Å². The fraction of sp³-hybridized carbons (Fsp3) is 0.480. The maximum atomic E-state index is 12.7. The van der Waals surface area contributed by atoms with Gasteiger partial charge in [0.25, 0.3) is 11.8 Å². The van der Waals surface area contributed by atoms with Crippen LogP contribution in [-0.4, -0.2) is 72.7 Å². The third-order valence-electron chi connectivity index (χ3n) is 6.66. The summed E-state index contributed by atoms with van der Waals surface area (Å²) in [6.07, 6.45) is 2.99. The average Bonchev–Trinajstić information content (AvgIpc) is 3.53. The van der Waals surface area contributed by atoms with E-state index in [1.54, 1.807) is 11.0 Å². The number of aliphatic hydroxyl groups is 1. The van der Waals surface area contributed by atoms with Crippen LogP contribution in [0, 0.1) is 5.41 Å². The molecule has 9 heteroatoms. The standard InChI is InChI=1S/C25H31N3O6/c29-20(13-18-5-2-1-3-6-18)24(32)28-10-8-25(9-11-28)14-19(34-17-25)15-26-22(30)16-27-23(31)21-7-4-12-33-21/h1-7,12,19-20,29H,8-11,13-17H2,(H,26,30)(H,27,31)/t19-,20?/m1/s1. The van der Waals surface area contributed by atoms with Crippen LogP contribution < -0.4 is 10.6 Å². The second kappa shape index (κ2) is 10.8. The first-order chi connectivity index (χ1) is 16.4. The molecule has 0 bridgehead atoms. The first-order valence-corrected chi connectivity index (χ1v) is 11.6. The molecule has 4 rings (SSSR count). The Morgan fingerprint density at radius 2 is 1.85 bits per heavy atom. The molecule has 0 saturated carbocycles. The van der Waals surface area contributed by atoms with Crippen molar-refractivity contribution in [2.75, 3.05) is 32.8 Å². The lowest BCUT2D eigenvalue weighted by atomic mass is 9.76. The maximum Gasteiger partial charge on any atom is 0.287 e. The summed E-state index contributed by atoms with van der Waals surface area (Å²) in [5.74, 6) is -0.798. The zero-order valence-corrected chi connectivity index (χ0v) is 19.1. The highest BCUT2D eigenvalue weighted by molar-refractivity contribution is 5.94. The van der Waals surface area contributed by atoms with Crippen molar-refractivity contribution in [2.24, 2.45) is 5.41 Å². The van der Waals surface area contributed by atoms with Crippen LogP contribution in [0.5, 0.6) is 0 Å². The monoisotopic (exact) mass is 469 g/mol. The van der Waals surface area contributed by atoms with Crippen LogP contribution in [0.25, 0.3) is 0 Å². The van der Waals surface area contributed by atoms with Gasteiger partial charge in [-0.25, -0.2) is 0 Å². The highest BCUT2D eigenvalue weighted by atomic mass is 16.5. The van der Waals surface area contributed by atoms with Gasteiger partial charge >= 0.3 is 0 Å². The van der Waals surface area contributed by atoms with Crippen LogP contribution >= 0.6 is 0 Å². The summed E-state index contributed by atoms with van der Waals surface area (Å²) in [6.45, 7) is 2.00. The third-order valence-corrected chi connectivity index (χ3v) is 6.66. The Labute approximate surface area is 198 Å². The lowest BCUT2D eigenvalue weighted by molar-refractivity contribution is -0.142. The summed E-state index contributed by atoms with van der Waals surface area (Å²) in [7, 11) is 0. The number of rotatable bonds is 8. The highest BCUT2D eigenvalue weighted by Gasteiger charge is 2.43. The van der Waals surface area contributed by atoms with Gasteiger partial charge in [0, 0.05) is 26.1 Å². The van der Waals surface area contributed by atoms with Crippen LogP contribution in [-0.2, 0) is 20.7 Å². The third kappa shape index (κ3) is 6.03. The largest absolute Gasteiger partial charge is 0.459 e. The summed E-state index contributed by atoms with van der Waals surface area (Å²) in [5, 5.41) is 15.7. The van der Waals surface area contributed by atoms with Crippen LogP contribution in [0.15, 0.2) is 53.1 Å². The summed E-state index contributed by atoms with van der Waals surface area (Å²) < 4.78 is 10.9. The van der Waals surface area contributed by atoms with E-state index in [1.807, 2.05) is 30.3 Å². The van der Waals surface area contributed by atoms with Crippen molar-refractivity contribution in [3.63, 3.8) is 0 Å². The van der Waals surface area contributed by atoms with Gasteiger partial charge in [0.2, 0.25) is 5.91 Å². The number of benzene rings is 1. The normalized spacial score (nSPS) is 20.1. The molecule has 1 aromatic heterocycles. The molecule has 1 spiro atoms. The Balaban J connectivity index is 1.16. The minimum atomic E-state index is -1.03. The minimum absolute atomic E-state index is 0.00986. The van der Waals surface area contributed by atoms with Gasteiger partial charge in [-0.3, -0.25) is 14.4 Å². The molecule has 34 heavy (non-hydrogen) atoms. The molecule has 2 fully saturated rings. The molecule has 2 aromatic rings. The van der Waals surface area contributed by atoms with Crippen molar-refractivity contribution in [3.05, 3.63) is 60.1 Å². The number of nitrogens with zero attached hydrogens (tertiary/aromatic N) is 1. The number of piperidine rings is 1. The molecular weight excluding hydrogens is 438 g/mol. The van der Waals surface area contributed by atoms with Gasteiger partial charge in [0.05, 0.1) is 25.5 Å². The molecule has 3 N–H and O–H groups in total. The van der Waals surface area contributed by atoms with Gasteiger partial charge in [-0.15, -0.1) is 0 Å². The van der Waals surface area contributed by atoms with Gasteiger partial charge in [0.1, 0.15) is 6.10 Å². The average molecular weight is 470 g/mol. The smallest absolute Gasteiger partial charge is 0.287 e. The molecule has 9 nitrogen and oxygen atoms in total. The van der Waals surface area contributed by atoms with E-state index in [0.717, 1.165) is 24.8 Å². The van der Waals surface area contributed by atoms with E-state index in [1.165, 1.54) is 12.3 Å². The molecule has 0 radical (unpaired) electrons. The van der Waals surface area contributed by atoms with Crippen LogP contribution in [0.1, 0.15) is 35.4 Å². The van der Waals surface area contributed by atoms with E-state index in [9.17, 15) is 19.5 Å². The number of hydrogen-bond acceptors (Lipinski definition) is 6. The van der Waals surface area contributed by atoms with E-state index in [-0.39, 0.29) is 35.6 Å². The molecule has 3 amide bonds. The van der Waals surface area contributed by atoms with Crippen LogP contribution in [0.2, 0.25) is 0 Å². The number of furan rings is 1. The Hall–Kier alpha value is -3.17. The molecule has 1 unspecified atom stereocenters. The Bertz CT molecular complexity index is 970. The number of carbonyl (C=O) groups is 3. The Kier molecular flexibility index (Phi) is 7.64. The number of amides is 3. The topological polar surface area (TPSA) is 121 Å². The molecule has 2 aliphatic heterocycles. The molecule has 2 atom stereocenters. The van der Waals surface area contributed by atoms with Gasteiger partial charge < -0.3 is 29.8 Å². The van der Waals surface area contributed by atoms with Crippen LogP contribution in [0.4, 0.5) is 0 Å². The maximum absolute atomic E-state index is 12.7. The molecule has 3 heterocycles. The second-order valence-corrected chi connectivity index (χ2v) is 9.13. The first-order valence-electron chi connectivity index (χ1n) is 11.6. The first kappa shape index (κ1) is 24.0. The fourth-order valence-corrected chi connectivity index (χ4v) is 4.66. The van der Waals surface area contributed by atoms with E-state index in [2.05, 4.69) is 10.6 Å². The van der Waals surface area contributed by atoms with Gasteiger partial charge in [-0.2, -0.15) is 0 Å². The Morgan fingerprint density at radius 1 is 1.09 bits per heavy atom. The molecular formula is C25H31N3O6. The fourth-order valence-electron chi connectivity index (χ4n) is 4.66. The van der Waals surface area contributed by atoms with E-state index >= 15 is 0 Å². The van der Waals surface area contributed by atoms with Crippen molar-refractivity contribution in [3.8, 4) is 0 Å². The van der Waals surface area contributed by atoms with Crippen molar-refractivity contribution in [2.45, 2.75) is 37.9 Å². The molecule has 2 aliphatic rings. The quantitative estimate of drug-likeness (QED) is 0.533. The highest BCUT2D eigenvalue weighted by Crippen LogP contribution is 2.41. The predicted molar refractivity (Wildman–Crippen MR) is 123 cm³/mol. The number of hydrogen-bond donors (Lipinski definition) is 3. The summed E-state index contributed by atoms with van der Waals surface area (Å²) in [6, 6.07) is 12.6. The number of nitrogens with one attached hydrogen (secondary N) is 2. The SMILES string of the molecule is O=C(CNC(=O)c1ccco1)NC[C@H]1CC2(CCN(C(=O)C(O)Cc3ccccc3)CC2)CO1. The van der Waals surface area contributed by atoms with Crippen molar-refractivity contribution >= 4 is 17.7 Å². The number of aliphatic hydroxyl groups excluding tert-OH is 1. The van der Waals surface area contributed by atoms with E-state index in [4.69, 9.17) is 9.15 Å². The Morgan fingerprint density at radius 3 is 2.56 bits per heavy atom. The summed E-state index contributed by atoms with van der Waals surface area (Å²) >= 11 is 0. The number of carbonyl (C=O) groups excluding carboxylic acids is 3. The second-order valence-electron chi connectivity index (χ2n) is 9.13. The lowest BCUT2D eigenvalue weighted by Crippen LogP contribution is -2.47. The van der Waals surface area contributed by atoms with Gasteiger partial charge in [0.15, 0.2) is 5.76 Å². The zero-order chi connectivity index (χ0) is 24.0. The molecule has 0 aliphatic carbocycles. The molecule has 2 saturated heterocycles. The lowest BCUT2D eigenvalue weighted by Gasteiger charge is -2.39. The van der Waals surface area contributed by atoms with Gasteiger partial charge in [-0.1, -0.05) is 30.3 Å². The summed E-state index contributed by atoms with van der Waals surface area (Å²) in [5.41, 5.74) is 0.927. The zero-order valence-electron chi connectivity index (χ0n) is 19.1. The predicted octanol–water partition coefficient (Wildman–Crippen LogP) is 1.13. The van der Waals surface area contributed by atoms with Crippen molar-refractivity contribution in [1.82, 2.24) is 15.5 Å². The summed E-state index contributed by atoms with van der Waals surface area (Å²) in [4.78, 5) is 38.3. The van der Waals surface area contributed by atoms with Crippen LogP contribution in [0.3, 0.4) is 0 Å². The molecule has 1 aromatic carbocycles. The number of likely N-dealkylation sites (tertiary alicyclic amines) is 1. The minimum Gasteiger partial charge on any atom is -0.459 e. The van der Waals surface area contributed by atoms with Gasteiger partial charge in [-0.05, 0) is 42.4 Å². The van der Waals surface area contributed by atoms with Crippen molar-refractivity contribution in [1.29, 1.82) is 0 Å².